The topological polar surface area (TPSA) is 109 Å². The van der Waals surface area contributed by atoms with Crippen LogP contribution in [0.1, 0.15) is 22.7 Å². The highest BCUT2D eigenvalue weighted by atomic mass is 79.9. The highest BCUT2D eigenvalue weighted by Gasteiger charge is 2.78. The third-order valence-electron chi connectivity index (χ3n) is 6.68. The van der Waals surface area contributed by atoms with Gasteiger partial charge in [-0.15, -0.1) is 0 Å². The van der Waals surface area contributed by atoms with Crippen LogP contribution in [0, 0.1) is 5.92 Å². The summed E-state index contributed by atoms with van der Waals surface area (Å²) in [6.07, 6.45) is 0.318. The molecule has 1 aliphatic carbocycles. The maximum absolute atomic E-state index is 13.3. The van der Waals surface area contributed by atoms with Gasteiger partial charge in [-0.25, -0.2) is 0 Å². The van der Waals surface area contributed by atoms with Crippen LogP contribution in [0.3, 0.4) is 0 Å². The van der Waals surface area contributed by atoms with Crippen molar-refractivity contribution in [3.8, 4) is 5.75 Å². The van der Waals surface area contributed by atoms with Crippen molar-refractivity contribution in [2.75, 3.05) is 6.54 Å². The van der Waals surface area contributed by atoms with Gasteiger partial charge in [0, 0.05) is 22.7 Å². The van der Waals surface area contributed by atoms with Crippen molar-refractivity contribution in [3.05, 3.63) is 93.2 Å². The van der Waals surface area contributed by atoms with E-state index in [2.05, 4.69) is 26.2 Å². The fourth-order valence-corrected chi connectivity index (χ4v) is 5.79. The molecule has 1 aromatic heterocycles. The number of rotatable bonds is 5. The first-order valence-corrected chi connectivity index (χ1v) is 11.8. The summed E-state index contributed by atoms with van der Waals surface area (Å²) in [4.78, 5) is 28.6. The minimum absolute atomic E-state index is 0.0962. The predicted octanol–water partition coefficient (Wildman–Crippen LogP) is 3.06. The van der Waals surface area contributed by atoms with E-state index >= 15 is 0 Å². The Labute approximate surface area is 208 Å². The molecule has 5 rings (SSSR count). The zero-order chi connectivity index (χ0) is 24.1. The number of halogens is 2. The third kappa shape index (κ3) is 3.13. The van der Waals surface area contributed by atoms with Gasteiger partial charge in [0.25, 0.3) is 0 Å². The van der Waals surface area contributed by atoms with Crippen molar-refractivity contribution in [1.82, 2.24) is 10.3 Å². The van der Waals surface area contributed by atoms with E-state index in [0.717, 1.165) is 4.47 Å². The summed E-state index contributed by atoms with van der Waals surface area (Å²) in [5, 5.41) is 26.9. The highest BCUT2D eigenvalue weighted by molar-refractivity contribution is 9.10. The average molecular weight is 544 g/mol. The molecule has 0 spiro atoms. The number of aliphatic hydroxyl groups excluding tert-OH is 1. The lowest BCUT2D eigenvalue weighted by Crippen LogP contribution is -2.52. The molecular formula is C25H20BrClN2O5. The molecule has 174 valence electrons. The monoisotopic (exact) mass is 542 g/mol. The average Bonchev–Trinajstić information content (AvgIpc) is 3.21. The Morgan fingerprint density at radius 2 is 1.91 bits per heavy atom. The van der Waals surface area contributed by atoms with Gasteiger partial charge in [-0.3, -0.25) is 9.78 Å². The molecule has 0 bridgehead atoms. The molecule has 1 amide bonds. The van der Waals surface area contributed by atoms with E-state index in [1.165, 1.54) is 12.3 Å². The van der Waals surface area contributed by atoms with E-state index in [9.17, 15) is 19.8 Å². The van der Waals surface area contributed by atoms with Crippen LogP contribution in [-0.2, 0) is 20.8 Å². The Morgan fingerprint density at radius 1 is 1.21 bits per heavy atom. The molecule has 2 aromatic carbocycles. The largest absolute Gasteiger partial charge is 0.476 e. The Balaban J connectivity index is 1.82. The van der Waals surface area contributed by atoms with E-state index in [0.29, 0.717) is 22.4 Å². The molecule has 1 saturated carbocycles. The Hall–Kier alpha value is -2.78. The highest BCUT2D eigenvalue weighted by Crippen LogP contribution is 2.68. The van der Waals surface area contributed by atoms with Gasteiger partial charge in [0.2, 0.25) is 5.91 Å². The normalized spacial score (nSPS) is 29.1. The van der Waals surface area contributed by atoms with Gasteiger partial charge in [-0.05, 0) is 23.3 Å². The summed E-state index contributed by atoms with van der Waals surface area (Å²) in [5.74, 6) is -2.34. The second-order valence-electron chi connectivity index (χ2n) is 8.38. The van der Waals surface area contributed by atoms with Crippen LogP contribution in [0.2, 0.25) is 5.02 Å². The zero-order valence-corrected chi connectivity index (χ0v) is 20.0. The van der Waals surface area contributed by atoms with E-state index in [1.54, 1.807) is 24.3 Å². The van der Waals surface area contributed by atoms with Crippen LogP contribution < -0.4 is 10.1 Å². The fraction of sp³-hybridized carbons (Fsp3) is 0.240. The van der Waals surface area contributed by atoms with Crippen molar-refractivity contribution in [2.24, 2.45) is 5.92 Å². The van der Waals surface area contributed by atoms with Crippen molar-refractivity contribution >= 4 is 39.7 Å². The first kappa shape index (κ1) is 23.0. The lowest BCUT2D eigenvalue weighted by atomic mass is 9.71. The predicted molar refractivity (Wildman–Crippen MR) is 127 cm³/mol. The van der Waals surface area contributed by atoms with E-state index < -0.39 is 35.0 Å². The Morgan fingerprint density at radius 3 is 2.59 bits per heavy atom. The first-order chi connectivity index (χ1) is 16.3. The fourth-order valence-electron chi connectivity index (χ4n) is 5.38. The SMILES string of the molecule is O=CCNC(=O)C1C(O)C2(O)c3ncc(Cl)cc3OC2(c2ccc(Br)cc2)C1c1ccccc1. The Kier molecular flexibility index (Phi) is 5.72. The molecule has 1 fully saturated rings. The number of carbonyl (C=O) groups excluding carboxylic acids is 2. The number of hydrogen-bond acceptors (Lipinski definition) is 6. The van der Waals surface area contributed by atoms with Gasteiger partial charge in [-0.1, -0.05) is 70.0 Å². The maximum Gasteiger partial charge on any atom is 0.227 e. The molecule has 5 unspecified atom stereocenters. The summed E-state index contributed by atoms with van der Waals surface area (Å²) in [6.45, 7) is -0.224. The summed E-state index contributed by atoms with van der Waals surface area (Å²) < 4.78 is 7.34. The molecule has 5 atom stereocenters. The molecule has 3 aromatic rings. The third-order valence-corrected chi connectivity index (χ3v) is 7.41. The second kappa shape index (κ2) is 8.46. The summed E-state index contributed by atoms with van der Waals surface area (Å²) in [6, 6.07) is 17.8. The number of pyridine rings is 1. The number of aldehydes is 1. The summed E-state index contributed by atoms with van der Waals surface area (Å²) >= 11 is 9.61. The van der Waals surface area contributed by atoms with Crippen LogP contribution in [0.25, 0.3) is 0 Å². The molecular weight excluding hydrogens is 524 g/mol. The van der Waals surface area contributed by atoms with E-state index in [1.807, 2.05) is 30.3 Å². The van der Waals surface area contributed by atoms with Crippen LogP contribution in [-0.4, -0.2) is 40.0 Å². The van der Waals surface area contributed by atoms with Crippen molar-refractivity contribution in [1.29, 1.82) is 0 Å². The molecule has 1 aliphatic heterocycles. The smallest absolute Gasteiger partial charge is 0.227 e. The van der Waals surface area contributed by atoms with Crippen molar-refractivity contribution < 1.29 is 24.5 Å². The van der Waals surface area contributed by atoms with Crippen LogP contribution >= 0.6 is 27.5 Å². The van der Waals surface area contributed by atoms with Crippen molar-refractivity contribution in [2.45, 2.75) is 23.2 Å². The number of aromatic nitrogens is 1. The van der Waals surface area contributed by atoms with Gasteiger partial charge in [0.15, 0.2) is 11.2 Å². The molecule has 0 saturated heterocycles. The maximum atomic E-state index is 13.3. The van der Waals surface area contributed by atoms with Gasteiger partial charge in [0.05, 0.1) is 17.5 Å². The number of amides is 1. The van der Waals surface area contributed by atoms with Gasteiger partial charge in [0.1, 0.15) is 23.8 Å². The second-order valence-corrected chi connectivity index (χ2v) is 9.73. The molecule has 2 heterocycles. The zero-order valence-electron chi connectivity index (χ0n) is 17.7. The molecule has 7 nitrogen and oxygen atoms in total. The number of fused-ring (bicyclic) bond motifs is 3. The van der Waals surface area contributed by atoms with Gasteiger partial charge < -0.3 is 25.1 Å². The number of nitrogens with zero attached hydrogens (tertiary/aromatic N) is 1. The summed E-state index contributed by atoms with van der Waals surface area (Å²) in [5.41, 5.74) is -2.39. The molecule has 2 aliphatic rings. The first-order valence-electron chi connectivity index (χ1n) is 10.6. The van der Waals surface area contributed by atoms with Gasteiger partial charge >= 0.3 is 0 Å². The van der Waals surface area contributed by atoms with E-state index in [4.69, 9.17) is 16.3 Å². The minimum Gasteiger partial charge on any atom is -0.476 e. The minimum atomic E-state index is -2.09. The molecule has 9 heteroatoms. The van der Waals surface area contributed by atoms with Crippen molar-refractivity contribution in [3.63, 3.8) is 0 Å². The number of hydrogen-bond donors (Lipinski definition) is 3. The quantitative estimate of drug-likeness (QED) is 0.427. The Bertz CT molecular complexity index is 1260. The van der Waals surface area contributed by atoms with Crippen LogP contribution in [0.5, 0.6) is 5.75 Å². The van der Waals surface area contributed by atoms with Crippen LogP contribution in [0.4, 0.5) is 0 Å². The molecule has 0 radical (unpaired) electrons. The number of nitrogens with one attached hydrogen (secondary N) is 1. The summed E-state index contributed by atoms with van der Waals surface area (Å²) in [7, 11) is 0. The number of ether oxygens (including phenoxy) is 1. The van der Waals surface area contributed by atoms with Crippen LogP contribution in [0.15, 0.2) is 71.3 Å². The van der Waals surface area contributed by atoms with E-state index in [-0.39, 0.29) is 18.0 Å². The van der Waals surface area contributed by atoms with Gasteiger partial charge in [-0.2, -0.15) is 0 Å². The number of aliphatic hydroxyl groups is 2. The standard InChI is InChI=1S/C25H20BrClN2O5/c26-16-8-6-15(7-9-16)25-20(14-4-2-1-3-5-14)19(23(32)28-10-11-30)22(31)24(25,33)21-18(34-25)12-17(27)13-29-21/h1-9,11-13,19-20,22,31,33H,10H2,(H,28,32). The lowest BCUT2D eigenvalue weighted by Gasteiger charge is -2.40. The molecule has 34 heavy (non-hydrogen) atoms. The molecule has 3 N–H and O–H groups in total. The number of carbonyl (C=O) groups is 2. The number of benzene rings is 2. The lowest BCUT2D eigenvalue weighted by molar-refractivity contribution is -0.155.